The molecule has 1 saturated heterocycles. The molecule has 0 aliphatic carbocycles. The molecule has 1 aliphatic rings. The van der Waals surface area contributed by atoms with Crippen LogP contribution in [0.4, 0.5) is 0 Å². The Hall–Kier alpha value is -2.37. The summed E-state index contributed by atoms with van der Waals surface area (Å²) in [7, 11) is 0. The highest BCUT2D eigenvalue weighted by Crippen LogP contribution is 2.27. The van der Waals surface area contributed by atoms with Crippen molar-refractivity contribution >= 4 is 41.2 Å². The first-order chi connectivity index (χ1) is 12.5. The first-order valence-electron chi connectivity index (χ1n) is 8.12. The third kappa shape index (κ3) is 4.62. The van der Waals surface area contributed by atoms with Crippen molar-refractivity contribution in [3.8, 4) is 0 Å². The van der Waals surface area contributed by atoms with Gasteiger partial charge in [0.2, 0.25) is 5.91 Å². The van der Waals surface area contributed by atoms with Crippen LogP contribution in [0.15, 0.2) is 53.6 Å². The maximum absolute atomic E-state index is 12.1. The van der Waals surface area contributed by atoms with E-state index in [-0.39, 0.29) is 24.3 Å². The molecule has 26 heavy (non-hydrogen) atoms. The molecule has 5 nitrogen and oxygen atoms in total. The van der Waals surface area contributed by atoms with E-state index in [0.29, 0.717) is 28.6 Å². The Kier molecular flexibility index (Phi) is 5.91. The number of amides is 2. The second kappa shape index (κ2) is 8.34. The summed E-state index contributed by atoms with van der Waals surface area (Å²) in [5.41, 5.74) is 4.17. The van der Waals surface area contributed by atoms with Gasteiger partial charge in [-0.1, -0.05) is 59.6 Å². The van der Waals surface area contributed by atoms with Gasteiger partial charge in [0.05, 0.1) is 11.2 Å². The number of hydrogen-bond donors (Lipinski definition) is 1. The van der Waals surface area contributed by atoms with Crippen LogP contribution < -0.4 is 5.43 Å². The van der Waals surface area contributed by atoms with E-state index < -0.39 is 0 Å². The quantitative estimate of drug-likeness (QED) is 0.628. The first-order valence-corrected chi connectivity index (χ1v) is 8.88. The number of carbonyl (C=O) groups is 2. The molecule has 1 fully saturated rings. The normalized spacial score (nSPS) is 17.1. The Morgan fingerprint density at radius 2 is 2.00 bits per heavy atom. The maximum Gasteiger partial charge on any atom is 0.259 e. The predicted molar refractivity (Wildman–Crippen MR) is 103 cm³/mol. The standard InChI is InChI=1S/C19H17Cl2N3O2/c20-16-7-6-14(17(21)9-16)10-22-23-18(25)12-24-11-15(8-19(24)26)13-4-2-1-3-5-13/h1-7,9-10,15H,8,11-12H2,(H,23,25)/b22-10-/t15-/m1/s1. The molecule has 2 aromatic carbocycles. The fraction of sp³-hybridized carbons (Fsp3) is 0.211. The largest absolute Gasteiger partial charge is 0.333 e. The second-order valence-electron chi connectivity index (χ2n) is 6.05. The highest BCUT2D eigenvalue weighted by molar-refractivity contribution is 6.36. The lowest BCUT2D eigenvalue weighted by Crippen LogP contribution is -2.36. The number of nitrogens with one attached hydrogen (secondary N) is 1. The molecule has 0 unspecified atom stereocenters. The van der Waals surface area contributed by atoms with Crippen LogP contribution >= 0.6 is 23.2 Å². The SMILES string of the molecule is O=C(CN1C[C@H](c2ccccc2)CC1=O)N/N=C\c1ccc(Cl)cc1Cl. The van der Waals surface area contributed by atoms with Crippen LogP contribution in [0, 0.1) is 0 Å². The Labute approximate surface area is 161 Å². The summed E-state index contributed by atoms with van der Waals surface area (Å²) in [6.45, 7) is 0.511. The summed E-state index contributed by atoms with van der Waals surface area (Å²) in [6.07, 6.45) is 1.86. The van der Waals surface area contributed by atoms with Gasteiger partial charge in [0.15, 0.2) is 0 Å². The fourth-order valence-corrected chi connectivity index (χ4v) is 3.32. The Morgan fingerprint density at radius 3 is 2.73 bits per heavy atom. The number of likely N-dealkylation sites (tertiary alicyclic amines) is 1. The monoisotopic (exact) mass is 389 g/mol. The van der Waals surface area contributed by atoms with Gasteiger partial charge in [-0.3, -0.25) is 9.59 Å². The van der Waals surface area contributed by atoms with Gasteiger partial charge in [-0.2, -0.15) is 5.10 Å². The van der Waals surface area contributed by atoms with Crippen molar-refractivity contribution in [1.82, 2.24) is 10.3 Å². The molecule has 0 spiro atoms. The summed E-state index contributed by atoms with van der Waals surface area (Å²) in [5.74, 6) is -0.264. The summed E-state index contributed by atoms with van der Waals surface area (Å²) in [5, 5.41) is 4.85. The lowest BCUT2D eigenvalue weighted by molar-refractivity contribution is -0.133. The van der Waals surface area contributed by atoms with Crippen LogP contribution in [0.25, 0.3) is 0 Å². The van der Waals surface area contributed by atoms with E-state index in [2.05, 4.69) is 10.5 Å². The van der Waals surface area contributed by atoms with Crippen molar-refractivity contribution in [2.45, 2.75) is 12.3 Å². The molecule has 1 aliphatic heterocycles. The lowest BCUT2D eigenvalue weighted by Gasteiger charge is -2.15. The molecule has 2 aromatic rings. The van der Waals surface area contributed by atoms with Crippen LogP contribution in [0.1, 0.15) is 23.5 Å². The summed E-state index contributed by atoms with van der Waals surface area (Å²) < 4.78 is 0. The molecule has 7 heteroatoms. The fourth-order valence-electron chi connectivity index (χ4n) is 2.86. The number of carbonyl (C=O) groups excluding carboxylic acids is 2. The molecule has 0 radical (unpaired) electrons. The summed E-state index contributed by atoms with van der Waals surface area (Å²) in [6, 6.07) is 14.8. The number of benzene rings is 2. The Morgan fingerprint density at radius 1 is 1.23 bits per heavy atom. The molecular weight excluding hydrogens is 373 g/mol. The van der Waals surface area contributed by atoms with Crippen molar-refractivity contribution in [2.75, 3.05) is 13.1 Å². The first kappa shape index (κ1) is 18.4. The van der Waals surface area contributed by atoms with Crippen LogP contribution in [0.2, 0.25) is 10.0 Å². The zero-order valence-electron chi connectivity index (χ0n) is 13.9. The van der Waals surface area contributed by atoms with E-state index in [4.69, 9.17) is 23.2 Å². The van der Waals surface area contributed by atoms with Crippen molar-refractivity contribution in [2.24, 2.45) is 5.10 Å². The van der Waals surface area contributed by atoms with Gasteiger partial charge in [-0.15, -0.1) is 0 Å². The highest BCUT2D eigenvalue weighted by atomic mass is 35.5. The minimum Gasteiger partial charge on any atom is -0.333 e. The number of hydrogen-bond acceptors (Lipinski definition) is 3. The van der Waals surface area contributed by atoms with Crippen molar-refractivity contribution in [1.29, 1.82) is 0 Å². The van der Waals surface area contributed by atoms with Gasteiger partial charge in [-0.05, 0) is 17.7 Å². The number of nitrogens with zero attached hydrogens (tertiary/aromatic N) is 2. The average Bonchev–Trinajstić information content (AvgIpc) is 2.98. The van der Waals surface area contributed by atoms with Crippen LogP contribution in [0.3, 0.4) is 0 Å². The van der Waals surface area contributed by atoms with Gasteiger partial charge in [-0.25, -0.2) is 5.43 Å². The number of halogens is 2. The van der Waals surface area contributed by atoms with Gasteiger partial charge in [0.1, 0.15) is 6.54 Å². The van der Waals surface area contributed by atoms with Crippen LogP contribution in [-0.2, 0) is 9.59 Å². The molecule has 1 atom stereocenters. The van der Waals surface area contributed by atoms with E-state index in [9.17, 15) is 9.59 Å². The molecule has 3 rings (SSSR count). The van der Waals surface area contributed by atoms with E-state index in [1.165, 1.54) is 6.21 Å². The summed E-state index contributed by atoms with van der Waals surface area (Å²) in [4.78, 5) is 25.7. The molecule has 0 bridgehead atoms. The lowest BCUT2D eigenvalue weighted by atomic mass is 9.99. The third-order valence-electron chi connectivity index (χ3n) is 4.18. The van der Waals surface area contributed by atoms with E-state index >= 15 is 0 Å². The number of hydrazone groups is 1. The van der Waals surface area contributed by atoms with Crippen molar-refractivity contribution in [3.63, 3.8) is 0 Å². The molecule has 1 N–H and O–H groups in total. The van der Waals surface area contributed by atoms with E-state index in [1.54, 1.807) is 23.1 Å². The average molecular weight is 390 g/mol. The molecule has 0 saturated carbocycles. The maximum atomic E-state index is 12.1. The zero-order valence-corrected chi connectivity index (χ0v) is 15.4. The Bertz CT molecular complexity index is 840. The van der Waals surface area contributed by atoms with E-state index in [1.807, 2.05) is 30.3 Å². The minimum atomic E-state index is -0.353. The van der Waals surface area contributed by atoms with Gasteiger partial charge >= 0.3 is 0 Å². The number of rotatable bonds is 5. The van der Waals surface area contributed by atoms with Crippen molar-refractivity contribution < 1.29 is 9.59 Å². The third-order valence-corrected chi connectivity index (χ3v) is 4.74. The smallest absolute Gasteiger partial charge is 0.259 e. The predicted octanol–water partition coefficient (Wildman–Crippen LogP) is 3.46. The van der Waals surface area contributed by atoms with Gasteiger partial charge < -0.3 is 4.90 Å². The van der Waals surface area contributed by atoms with E-state index in [0.717, 1.165) is 5.56 Å². The molecule has 134 valence electrons. The Balaban J connectivity index is 1.53. The van der Waals surface area contributed by atoms with Gasteiger partial charge in [0, 0.05) is 29.5 Å². The zero-order chi connectivity index (χ0) is 18.5. The van der Waals surface area contributed by atoms with Crippen LogP contribution in [-0.4, -0.2) is 36.0 Å². The summed E-state index contributed by atoms with van der Waals surface area (Å²) >= 11 is 11.9. The topological polar surface area (TPSA) is 61.8 Å². The molecule has 1 heterocycles. The molecular formula is C19H17Cl2N3O2. The molecule has 0 aromatic heterocycles. The minimum absolute atomic E-state index is 0.0200. The molecule has 2 amide bonds. The highest BCUT2D eigenvalue weighted by Gasteiger charge is 2.31. The van der Waals surface area contributed by atoms with Crippen molar-refractivity contribution in [3.05, 3.63) is 69.7 Å². The second-order valence-corrected chi connectivity index (χ2v) is 6.89. The van der Waals surface area contributed by atoms with Crippen LogP contribution in [0.5, 0.6) is 0 Å². The van der Waals surface area contributed by atoms with Gasteiger partial charge in [0.25, 0.3) is 5.91 Å².